The lowest BCUT2D eigenvalue weighted by molar-refractivity contribution is -0.116. The Kier molecular flexibility index (Phi) is 7.69. The third kappa shape index (κ3) is 6.91. The Morgan fingerprint density at radius 2 is 1.76 bits per heavy atom. The number of aryl methyl sites for hydroxylation is 2. The van der Waals surface area contributed by atoms with Crippen molar-refractivity contribution >= 4 is 24.5 Å². The fourth-order valence-electron chi connectivity index (χ4n) is 2.64. The topological polar surface area (TPSA) is 17.1 Å². The molecule has 134 valence electrons. The van der Waals surface area contributed by atoms with Crippen molar-refractivity contribution in [1.82, 2.24) is 0 Å². The van der Waals surface area contributed by atoms with Gasteiger partial charge in [-0.2, -0.15) is 0 Å². The van der Waals surface area contributed by atoms with Crippen LogP contribution >= 0.6 is 12.6 Å². The molecular formula is C23H30OS. The molecule has 0 N–H and O–H groups in total. The van der Waals surface area contributed by atoms with E-state index >= 15 is 0 Å². The lowest BCUT2D eigenvalue weighted by atomic mass is 9.87. The first-order valence-electron chi connectivity index (χ1n) is 8.59. The molecular weight excluding hydrogens is 324 g/mol. The number of carbonyl (C=O) groups is 1. The van der Waals surface area contributed by atoms with Crippen LogP contribution in [0.1, 0.15) is 50.8 Å². The Morgan fingerprint density at radius 1 is 1.20 bits per heavy atom. The highest BCUT2D eigenvalue weighted by Gasteiger charge is 2.17. The summed E-state index contributed by atoms with van der Waals surface area (Å²) < 4.78 is 0. The van der Waals surface area contributed by atoms with E-state index in [0.29, 0.717) is 12.0 Å². The predicted molar refractivity (Wildman–Crippen MR) is 113 cm³/mol. The zero-order chi connectivity index (χ0) is 19.2. The molecule has 0 fully saturated rings. The van der Waals surface area contributed by atoms with E-state index in [0.717, 1.165) is 10.5 Å². The number of rotatable bonds is 6. The monoisotopic (exact) mass is 354 g/mol. The fourth-order valence-corrected chi connectivity index (χ4v) is 3.03. The van der Waals surface area contributed by atoms with Gasteiger partial charge < -0.3 is 0 Å². The smallest absolute Gasteiger partial charge is 0.163 e. The van der Waals surface area contributed by atoms with Gasteiger partial charge >= 0.3 is 0 Å². The zero-order valence-electron chi connectivity index (χ0n) is 16.3. The molecule has 1 rings (SSSR count). The number of allylic oxidation sites excluding steroid dienone is 6. The second-order valence-electron chi connectivity index (χ2n) is 7.58. The van der Waals surface area contributed by atoms with Gasteiger partial charge in [-0.05, 0) is 66.7 Å². The number of hydrogen-bond acceptors (Lipinski definition) is 2. The van der Waals surface area contributed by atoms with Crippen LogP contribution in [-0.4, -0.2) is 5.78 Å². The van der Waals surface area contributed by atoms with E-state index in [-0.39, 0.29) is 11.2 Å². The summed E-state index contributed by atoms with van der Waals surface area (Å²) in [6, 6.07) is 4.12. The normalized spacial score (nSPS) is 13.4. The zero-order valence-corrected chi connectivity index (χ0v) is 17.2. The van der Waals surface area contributed by atoms with Gasteiger partial charge in [0.15, 0.2) is 5.78 Å². The molecule has 0 bridgehead atoms. The Labute approximate surface area is 158 Å². The Hall–Kier alpha value is -1.80. The first kappa shape index (κ1) is 21.2. The maximum Gasteiger partial charge on any atom is 0.163 e. The van der Waals surface area contributed by atoms with Crippen molar-refractivity contribution in [3.8, 4) is 0 Å². The lowest BCUT2D eigenvalue weighted by Crippen LogP contribution is -2.14. The van der Waals surface area contributed by atoms with Crippen molar-refractivity contribution in [2.24, 2.45) is 5.41 Å². The van der Waals surface area contributed by atoms with Crippen LogP contribution in [0.25, 0.3) is 6.08 Å². The SMILES string of the molecule is C=C\C(=C/C(=C\C)/C=C/c1c(C)cc(S)cc1C)C(=O)CC(C)(C)C. The van der Waals surface area contributed by atoms with Gasteiger partial charge in [0.25, 0.3) is 0 Å². The van der Waals surface area contributed by atoms with Gasteiger partial charge in [-0.3, -0.25) is 4.79 Å². The molecule has 1 aromatic rings. The number of hydrogen-bond donors (Lipinski definition) is 1. The highest BCUT2D eigenvalue weighted by atomic mass is 32.1. The van der Waals surface area contributed by atoms with Gasteiger partial charge in [-0.1, -0.05) is 51.7 Å². The second kappa shape index (κ2) is 9.05. The molecule has 0 aliphatic carbocycles. The van der Waals surface area contributed by atoms with Crippen LogP contribution in [-0.2, 0) is 4.79 Å². The van der Waals surface area contributed by atoms with Crippen molar-refractivity contribution in [2.75, 3.05) is 0 Å². The van der Waals surface area contributed by atoms with Crippen molar-refractivity contribution in [3.05, 3.63) is 70.9 Å². The van der Waals surface area contributed by atoms with Gasteiger partial charge in [-0.15, -0.1) is 12.6 Å². The van der Waals surface area contributed by atoms with Gasteiger partial charge in [0.2, 0.25) is 0 Å². The summed E-state index contributed by atoms with van der Waals surface area (Å²) in [5.74, 6) is 0.127. The van der Waals surface area contributed by atoms with Crippen molar-refractivity contribution in [2.45, 2.75) is 52.9 Å². The summed E-state index contributed by atoms with van der Waals surface area (Å²) in [5.41, 5.74) is 5.18. The largest absolute Gasteiger partial charge is 0.294 e. The molecule has 0 unspecified atom stereocenters. The van der Waals surface area contributed by atoms with E-state index in [9.17, 15) is 4.79 Å². The number of thiol groups is 1. The lowest BCUT2D eigenvalue weighted by Gasteiger charge is -2.17. The molecule has 0 saturated heterocycles. The summed E-state index contributed by atoms with van der Waals surface area (Å²) in [6.07, 6.45) is 10.2. The van der Waals surface area contributed by atoms with Crippen molar-refractivity contribution in [3.63, 3.8) is 0 Å². The van der Waals surface area contributed by atoms with Crippen molar-refractivity contribution < 1.29 is 4.79 Å². The van der Waals surface area contributed by atoms with E-state index in [1.54, 1.807) is 6.08 Å². The standard InChI is InChI=1S/C23H30OS/c1-8-18(14-19(9-2)22(24)15-23(5,6)7)10-11-21-16(3)12-20(25)13-17(21)4/h8-14,25H,2,15H2,1,3-7H3/b11-10+,18-8-,19-14+. The summed E-state index contributed by atoms with van der Waals surface area (Å²) in [7, 11) is 0. The minimum absolute atomic E-state index is 0.0338. The molecule has 2 heteroatoms. The Bertz CT molecular complexity index is 717. The van der Waals surface area contributed by atoms with Crippen LogP contribution < -0.4 is 0 Å². The van der Waals surface area contributed by atoms with Crippen LogP contribution in [0.3, 0.4) is 0 Å². The first-order chi connectivity index (χ1) is 11.6. The van der Waals surface area contributed by atoms with Crippen LogP contribution in [0.15, 0.2) is 59.1 Å². The average Bonchev–Trinajstić information content (AvgIpc) is 2.47. The fraction of sp³-hybridized carbons (Fsp3) is 0.348. The summed E-state index contributed by atoms with van der Waals surface area (Å²) in [5, 5.41) is 0. The van der Waals surface area contributed by atoms with Gasteiger partial charge in [-0.25, -0.2) is 0 Å². The average molecular weight is 355 g/mol. The van der Waals surface area contributed by atoms with E-state index in [1.807, 2.05) is 25.2 Å². The van der Waals surface area contributed by atoms with Crippen LogP contribution in [0, 0.1) is 19.3 Å². The number of ketones is 1. The van der Waals surface area contributed by atoms with Crippen LogP contribution in [0.4, 0.5) is 0 Å². The first-order valence-corrected chi connectivity index (χ1v) is 9.04. The Balaban J connectivity index is 3.11. The van der Waals surface area contributed by atoms with Gasteiger partial charge in [0.1, 0.15) is 0 Å². The second-order valence-corrected chi connectivity index (χ2v) is 8.10. The third-order valence-electron chi connectivity index (χ3n) is 3.91. The molecule has 1 aromatic carbocycles. The molecule has 1 nitrogen and oxygen atoms in total. The van der Waals surface area contributed by atoms with Crippen molar-refractivity contribution in [1.29, 1.82) is 0 Å². The highest BCUT2D eigenvalue weighted by molar-refractivity contribution is 7.80. The minimum Gasteiger partial charge on any atom is -0.294 e. The number of carbonyl (C=O) groups excluding carboxylic acids is 1. The molecule has 0 heterocycles. The molecule has 25 heavy (non-hydrogen) atoms. The predicted octanol–water partition coefficient (Wildman–Crippen LogP) is 6.67. The minimum atomic E-state index is -0.0338. The van der Waals surface area contributed by atoms with E-state index in [2.05, 4.69) is 72.0 Å². The van der Waals surface area contributed by atoms with E-state index in [4.69, 9.17) is 0 Å². The van der Waals surface area contributed by atoms with E-state index in [1.165, 1.54) is 16.7 Å². The Morgan fingerprint density at radius 3 is 2.20 bits per heavy atom. The summed E-state index contributed by atoms with van der Waals surface area (Å²) in [6.45, 7) is 16.2. The highest BCUT2D eigenvalue weighted by Crippen LogP contribution is 2.23. The van der Waals surface area contributed by atoms with Crippen LogP contribution in [0.5, 0.6) is 0 Å². The number of benzene rings is 1. The number of Topliss-reactive ketones (excluding diaryl/α,β-unsaturated/α-hetero) is 1. The molecule has 0 radical (unpaired) electrons. The molecule has 0 spiro atoms. The maximum absolute atomic E-state index is 12.5. The van der Waals surface area contributed by atoms with Gasteiger partial charge in [0, 0.05) is 16.9 Å². The molecule has 0 atom stereocenters. The molecule has 0 aliphatic rings. The van der Waals surface area contributed by atoms with E-state index < -0.39 is 0 Å². The molecule has 0 saturated carbocycles. The maximum atomic E-state index is 12.5. The summed E-state index contributed by atoms with van der Waals surface area (Å²) in [4.78, 5) is 13.4. The summed E-state index contributed by atoms with van der Waals surface area (Å²) >= 11 is 4.42. The molecule has 0 aromatic heterocycles. The molecule has 0 aliphatic heterocycles. The molecule has 0 amide bonds. The van der Waals surface area contributed by atoms with Gasteiger partial charge in [0.05, 0.1) is 0 Å². The third-order valence-corrected chi connectivity index (χ3v) is 4.17. The quantitative estimate of drug-likeness (QED) is 0.343. The van der Waals surface area contributed by atoms with Crippen LogP contribution in [0.2, 0.25) is 0 Å².